The molecule has 1 heterocycles. The van der Waals surface area contributed by atoms with Crippen LogP contribution in [-0.4, -0.2) is 9.81 Å². The zero-order valence-electron chi connectivity index (χ0n) is 9.41. The molecule has 1 nitrogen and oxygen atoms in total. The summed E-state index contributed by atoms with van der Waals surface area (Å²) in [5.41, 5.74) is 2.52. The second kappa shape index (κ2) is 4.65. The molecule has 0 aliphatic heterocycles. The Hall–Kier alpha value is -0.370. The molecule has 1 aromatic rings. The van der Waals surface area contributed by atoms with Crippen molar-refractivity contribution in [2.45, 2.75) is 43.9 Å². The lowest BCUT2D eigenvalue weighted by atomic mass is 9.77. The van der Waals surface area contributed by atoms with Crippen LogP contribution in [0.3, 0.4) is 0 Å². The minimum atomic E-state index is 0.691. The van der Waals surface area contributed by atoms with Crippen molar-refractivity contribution in [3.63, 3.8) is 0 Å². The van der Waals surface area contributed by atoms with Crippen LogP contribution >= 0.6 is 15.9 Å². The normalized spacial score (nSPS) is 31.5. The van der Waals surface area contributed by atoms with Crippen LogP contribution in [-0.2, 0) is 0 Å². The molecule has 1 aliphatic rings. The number of alkyl halides is 1. The lowest BCUT2D eigenvalue weighted by Gasteiger charge is -2.32. The number of halogens is 1. The molecule has 1 aromatic heterocycles. The molecule has 1 fully saturated rings. The zero-order chi connectivity index (χ0) is 10.8. The van der Waals surface area contributed by atoms with Gasteiger partial charge in [0.1, 0.15) is 0 Å². The molecule has 0 amide bonds. The average Bonchev–Trinajstić information content (AvgIpc) is 2.23. The first kappa shape index (κ1) is 11.1. The van der Waals surface area contributed by atoms with Gasteiger partial charge in [-0.05, 0) is 49.7 Å². The predicted molar refractivity (Wildman–Crippen MR) is 67.4 cm³/mol. The number of hydrogen-bond donors (Lipinski definition) is 0. The monoisotopic (exact) mass is 267 g/mol. The third-order valence-corrected chi connectivity index (χ3v) is 4.33. The van der Waals surface area contributed by atoms with Gasteiger partial charge in [0.15, 0.2) is 0 Å². The maximum absolute atomic E-state index is 4.40. The number of aromatic nitrogens is 1. The van der Waals surface area contributed by atoms with Crippen molar-refractivity contribution < 1.29 is 0 Å². The van der Waals surface area contributed by atoms with E-state index < -0.39 is 0 Å². The fourth-order valence-electron chi connectivity index (χ4n) is 2.43. The number of nitrogens with zero attached hydrogens (tertiary/aromatic N) is 1. The molecule has 1 aliphatic carbocycles. The van der Waals surface area contributed by atoms with E-state index in [1.807, 2.05) is 6.92 Å². The van der Waals surface area contributed by atoms with Gasteiger partial charge in [-0.1, -0.05) is 28.9 Å². The van der Waals surface area contributed by atoms with Crippen molar-refractivity contribution in [3.8, 4) is 0 Å². The fraction of sp³-hybridized carbons (Fsp3) is 0.615. The Morgan fingerprint density at radius 2 is 2.13 bits per heavy atom. The molecule has 0 N–H and O–H groups in total. The largest absolute Gasteiger partial charge is 0.261 e. The van der Waals surface area contributed by atoms with Gasteiger partial charge in [-0.2, -0.15) is 0 Å². The highest BCUT2D eigenvalue weighted by Crippen LogP contribution is 2.39. The number of rotatable bonds is 1. The minimum absolute atomic E-state index is 0.691. The van der Waals surface area contributed by atoms with Crippen LogP contribution in [0.2, 0.25) is 0 Å². The Morgan fingerprint density at radius 3 is 2.80 bits per heavy atom. The predicted octanol–water partition coefficient (Wildman–Crippen LogP) is 4.06. The first-order valence-corrected chi connectivity index (χ1v) is 6.65. The van der Waals surface area contributed by atoms with Crippen molar-refractivity contribution in [2.24, 2.45) is 5.92 Å². The van der Waals surface area contributed by atoms with Crippen LogP contribution in [0.4, 0.5) is 0 Å². The summed E-state index contributed by atoms with van der Waals surface area (Å²) in [6, 6.07) is 4.37. The summed E-state index contributed by atoms with van der Waals surface area (Å²) in [5, 5.41) is 0. The van der Waals surface area contributed by atoms with E-state index in [1.165, 1.54) is 24.8 Å². The van der Waals surface area contributed by atoms with E-state index in [1.54, 1.807) is 0 Å². The Morgan fingerprint density at radius 1 is 1.33 bits per heavy atom. The van der Waals surface area contributed by atoms with Gasteiger partial charge in [0, 0.05) is 16.7 Å². The van der Waals surface area contributed by atoms with Gasteiger partial charge in [0.25, 0.3) is 0 Å². The third-order valence-electron chi connectivity index (χ3n) is 3.49. The summed E-state index contributed by atoms with van der Waals surface area (Å²) in [7, 11) is 0. The molecule has 3 unspecified atom stereocenters. The van der Waals surface area contributed by atoms with E-state index in [0.29, 0.717) is 10.7 Å². The van der Waals surface area contributed by atoms with Crippen LogP contribution in [0, 0.1) is 12.8 Å². The van der Waals surface area contributed by atoms with Gasteiger partial charge < -0.3 is 0 Å². The maximum Gasteiger partial charge on any atom is 0.0372 e. The second-order valence-corrected chi connectivity index (χ2v) is 6.02. The number of hydrogen-bond acceptors (Lipinski definition) is 1. The van der Waals surface area contributed by atoms with E-state index in [4.69, 9.17) is 0 Å². The quantitative estimate of drug-likeness (QED) is 0.700. The molecule has 0 radical (unpaired) electrons. The van der Waals surface area contributed by atoms with Crippen molar-refractivity contribution in [2.75, 3.05) is 0 Å². The molecule has 0 aromatic carbocycles. The summed E-state index contributed by atoms with van der Waals surface area (Å²) in [6.45, 7) is 4.41. The van der Waals surface area contributed by atoms with Gasteiger partial charge in [0.05, 0.1) is 0 Å². The SMILES string of the molecule is Cc1ccc(C2CC(Br)CCC2C)cn1. The molecule has 0 saturated heterocycles. The smallest absolute Gasteiger partial charge is 0.0372 e. The molecule has 1 saturated carbocycles. The molecule has 0 spiro atoms. The van der Waals surface area contributed by atoms with Crippen molar-refractivity contribution in [3.05, 3.63) is 29.6 Å². The summed E-state index contributed by atoms with van der Waals surface area (Å²) in [6.07, 6.45) is 5.96. The fourth-order valence-corrected chi connectivity index (χ4v) is 3.10. The Kier molecular flexibility index (Phi) is 3.45. The second-order valence-electron chi connectivity index (χ2n) is 4.73. The highest BCUT2D eigenvalue weighted by atomic mass is 79.9. The first-order chi connectivity index (χ1) is 7.16. The molecule has 82 valence electrons. The van der Waals surface area contributed by atoms with Gasteiger partial charge in [-0.25, -0.2) is 0 Å². The maximum atomic E-state index is 4.40. The van der Waals surface area contributed by atoms with Crippen LogP contribution in [0.25, 0.3) is 0 Å². The van der Waals surface area contributed by atoms with Crippen LogP contribution < -0.4 is 0 Å². The van der Waals surface area contributed by atoms with Gasteiger partial charge >= 0.3 is 0 Å². The molecular weight excluding hydrogens is 250 g/mol. The number of pyridine rings is 1. The van der Waals surface area contributed by atoms with Crippen molar-refractivity contribution >= 4 is 15.9 Å². The molecule has 15 heavy (non-hydrogen) atoms. The summed E-state index contributed by atoms with van der Waals surface area (Å²) < 4.78 is 0. The molecule has 2 rings (SSSR count). The highest BCUT2D eigenvalue weighted by Gasteiger charge is 2.27. The Bertz CT molecular complexity index is 320. The average molecular weight is 268 g/mol. The first-order valence-electron chi connectivity index (χ1n) is 5.73. The van der Waals surface area contributed by atoms with E-state index in [2.05, 4.69) is 46.2 Å². The summed E-state index contributed by atoms with van der Waals surface area (Å²) in [4.78, 5) is 5.09. The number of aryl methyl sites for hydroxylation is 1. The van der Waals surface area contributed by atoms with E-state index in [0.717, 1.165) is 11.6 Å². The minimum Gasteiger partial charge on any atom is -0.261 e. The van der Waals surface area contributed by atoms with E-state index >= 15 is 0 Å². The lowest BCUT2D eigenvalue weighted by molar-refractivity contribution is 0.340. The topological polar surface area (TPSA) is 12.9 Å². The van der Waals surface area contributed by atoms with Crippen molar-refractivity contribution in [1.29, 1.82) is 0 Å². The molecule has 0 bridgehead atoms. The van der Waals surface area contributed by atoms with Gasteiger partial charge in [-0.3, -0.25) is 4.98 Å². The summed E-state index contributed by atoms with van der Waals surface area (Å²) in [5.74, 6) is 1.49. The van der Waals surface area contributed by atoms with Gasteiger partial charge in [-0.15, -0.1) is 0 Å². The van der Waals surface area contributed by atoms with Gasteiger partial charge in [0.2, 0.25) is 0 Å². The van der Waals surface area contributed by atoms with E-state index in [-0.39, 0.29) is 0 Å². The van der Waals surface area contributed by atoms with Crippen LogP contribution in [0.15, 0.2) is 18.3 Å². The van der Waals surface area contributed by atoms with Crippen LogP contribution in [0.5, 0.6) is 0 Å². The molecular formula is C13H18BrN. The lowest BCUT2D eigenvalue weighted by Crippen LogP contribution is -2.21. The molecule has 2 heteroatoms. The standard InChI is InChI=1S/C13H18BrN/c1-9-3-6-12(14)7-13(9)11-5-4-10(2)15-8-11/h4-5,8-9,12-13H,3,6-7H2,1-2H3. The summed E-state index contributed by atoms with van der Waals surface area (Å²) >= 11 is 3.75. The zero-order valence-corrected chi connectivity index (χ0v) is 11.0. The Balaban J connectivity index is 2.17. The van der Waals surface area contributed by atoms with E-state index in [9.17, 15) is 0 Å². The van der Waals surface area contributed by atoms with Crippen LogP contribution in [0.1, 0.15) is 43.4 Å². The van der Waals surface area contributed by atoms with Crippen molar-refractivity contribution in [1.82, 2.24) is 4.98 Å². The third kappa shape index (κ3) is 2.60. The molecule has 3 atom stereocenters. The Labute approximate surface area is 100 Å². The highest BCUT2D eigenvalue weighted by molar-refractivity contribution is 9.09.